The second kappa shape index (κ2) is 7.30. The van der Waals surface area contributed by atoms with Crippen molar-refractivity contribution in [1.82, 2.24) is 9.88 Å². The number of aromatic nitrogens is 1. The van der Waals surface area contributed by atoms with Gasteiger partial charge in [0.2, 0.25) is 5.91 Å². The van der Waals surface area contributed by atoms with Gasteiger partial charge in [-0.1, -0.05) is 11.6 Å². The van der Waals surface area contributed by atoms with E-state index in [9.17, 15) is 4.79 Å². The number of hydrogen-bond acceptors (Lipinski definition) is 5. The fourth-order valence-corrected chi connectivity index (χ4v) is 4.80. The predicted molar refractivity (Wildman–Crippen MR) is 97.1 cm³/mol. The number of rotatable bonds is 4. The number of hydrogen-bond donors (Lipinski definition) is 1. The Morgan fingerprint density at radius 3 is 3.09 bits per heavy atom. The van der Waals surface area contributed by atoms with E-state index >= 15 is 0 Å². The molecule has 0 aromatic carbocycles. The van der Waals surface area contributed by atoms with Gasteiger partial charge in [-0.05, 0) is 37.8 Å². The molecule has 0 aliphatic carbocycles. The molecule has 2 aromatic rings. The number of carbonyl (C=O) groups excluding carboxylic acids is 1. The molecule has 2 N–H and O–H groups in total. The largest absolute Gasteiger partial charge is 0.342 e. The summed E-state index contributed by atoms with van der Waals surface area (Å²) in [6.07, 6.45) is 2.51. The first-order valence-electron chi connectivity index (χ1n) is 7.76. The van der Waals surface area contributed by atoms with E-state index in [0.717, 1.165) is 45.8 Å². The average Bonchev–Trinajstić information content (AvgIpc) is 3.16. The van der Waals surface area contributed by atoms with E-state index in [1.54, 1.807) is 11.3 Å². The van der Waals surface area contributed by atoms with Crippen molar-refractivity contribution >= 4 is 40.2 Å². The summed E-state index contributed by atoms with van der Waals surface area (Å²) in [6.45, 7) is 3.63. The van der Waals surface area contributed by atoms with Gasteiger partial charge in [-0.25, -0.2) is 4.98 Å². The van der Waals surface area contributed by atoms with E-state index < -0.39 is 0 Å². The molecule has 3 heterocycles. The van der Waals surface area contributed by atoms with Crippen LogP contribution in [0.3, 0.4) is 0 Å². The van der Waals surface area contributed by atoms with Crippen LogP contribution in [0.1, 0.15) is 25.5 Å². The lowest BCUT2D eigenvalue weighted by molar-refractivity contribution is -0.132. The van der Waals surface area contributed by atoms with Gasteiger partial charge in [0.15, 0.2) is 0 Å². The summed E-state index contributed by atoms with van der Waals surface area (Å²) >= 11 is 9.04. The highest BCUT2D eigenvalue weighted by Gasteiger charge is 2.26. The molecule has 0 bridgehead atoms. The minimum absolute atomic E-state index is 0.139. The summed E-state index contributed by atoms with van der Waals surface area (Å²) in [5, 5.41) is 2.89. The minimum Gasteiger partial charge on any atom is -0.342 e. The van der Waals surface area contributed by atoms with Gasteiger partial charge in [-0.2, -0.15) is 0 Å². The second-order valence-electron chi connectivity index (χ2n) is 6.03. The maximum atomic E-state index is 12.5. The Hall–Kier alpha value is -0.950. The number of thiophene rings is 1. The molecule has 1 fully saturated rings. The molecule has 0 radical (unpaired) electrons. The molecule has 7 heteroatoms. The van der Waals surface area contributed by atoms with Crippen LogP contribution < -0.4 is 5.73 Å². The lowest BCUT2D eigenvalue weighted by Gasteiger charge is -2.34. The molecule has 124 valence electrons. The van der Waals surface area contributed by atoms with E-state index in [0.29, 0.717) is 12.3 Å². The molecule has 3 rings (SSSR count). The zero-order valence-electron chi connectivity index (χ0n) is 13.0. The summed E-state index contributed by atoms with van der Waals surface area (Å²) in [6, 6.07) is 3.98. The highest BCUT2D eigenvalue weighted by atomic mass is 35.5. The molecular weight excluding hydrogens is 350 g/mol. The second-order valence-corrected chi connectivity index (χ2v) is 8.60. The summed E-state index contributed by atoms with van der Waals surface area (Å²) < 4.78 is 0.753. The van der Waals surface area contributed by atoms with E-state index in [2.05, 4.69) is 4.98 Å². The first-order chi connectivity index (χ1) is 11.0. The predicted octanol–water partition coefficient (Wildman–Crippen LogP) is 3.65. The van der Waals surface area contributed by atoms with E-state index in [4.69, 9.17) is 17.3 Å². The van der Waals surface area contributed by atoms with Gasteiger partial charge < -0.3 is 10.6 Å². The first kappa shape index (κ1) is 16.9. The molecule has 4 nitrogen and oxygen atoms in total. The van der Waals surface area contributed by atoms with Crippen molar-refractivity contribution in [3.05, 3.63) is 27.5 Å². The molecule has 2 aromatic heterocycles. The van der Waals surface area contributed by atoms with Crippen LogP contribution in [0.25, 0.3) is 9.88 Å². The Morgan fingerprint density at radius 2 is 2.39 bits per heavy atom. The van der Waals surface area contributed by atoms with Gasteiger partial charge in [-0.3, -0.25) is 4.79 Å². The number of carbonyl (C=O) groups is 1. The van der Waals surface area contributed by atoms with Gasteiger partial charge in [0.1, 0.15) is 5.01 Å². The average molecular weight is 370 g/mol. The van der Waals surface area contributed by atoms with Crippen LogP contribution in [0.2, 0.25) is 4.34 Å². The molecular formula is C16H20ClN3OS2. The fraction of sp³-hybridized carbons (Fsp3) is 0.500. The first-order valence-corrected chi connectivity index (χ1v) is 9.84. The standard InChI is InChI=1S/C16H20ClN3OS2/c1-10(18)11-3-2-6-20(8-11)15(21)7-12-9-22-16(19-12)13-4-5-14(17)23-13/h4-5,9-11H,2-3,6-8,18H2,1H3. The van der Waals surface area contributed by atoms with Gasteiger partial charge >= 0.3 is 0 Å². The molecule has 0 spiro atoms. The summed E-state index contributed by atoms with van der Waals surface area (Å²) in [7, 11) is 0. The van der Waals surface area contributed by atoms with Crippen LogP contribution >= 0.6 is 34.3 Å². The number of nitrogens with zero attached hydrogens (tertiary/aromatic N) is 2. The SMILES string of the molecule is CC(N)C1CCCN(C(=O)Cc2csc(-c3ccc(Cl)s3)n2)C1. The molecule has 23 heavy (non-hydrogen) atoms. The van der Waals surface area contributed by atoms with Gasteiger partial charge in [0.05, 0.1) is 21.3 Å². The molecule has 1 amide bonds. The normalized spacial score (nSPS) is 19.8. The fourth-order valence-electron chi connectivity index (χ4n) is 2.86. The lowest BCUT2D eigenvalue weighted by Crippen LogP contribution is -2.45. The Bertz CT molecular complexity index is 682. The van der Waals surface area contributed by atoms with Crippen LogP contribution in [-0.2, 0) is 11.2 Å². The molecule has 0 saturated carbocycles. The number of piperidine rings is 1. The minimum atomic E-state index is 0.139. The van der Waals surface area contributed by atoms with Crippen molar-refractivity contribution in [3.8, 4) is 9.88 Å². The van der Waals surface area contributed by atoms with E-state index in [-0.39, 0.29) is 11.9 Å². The van der Waals surface area contributed by atoms with Crippen LogP contribution in [0.15, 0.2) is 17.5 Å². The Morgan fingerprint density at radius 1 is 1.57 bits per heavy atom. The van der Waals surface area contributed by atoms with Crippen molar-refractivity contribution in [3.63, 3.8) is 0 Å². The summed E-state index contributed by atoms with van der Waals surface area (Å²) in [5.41, 5.74) is 6.83. The maximum Gasteiger partial charge on any atom is 0.228 e. The third-order valence-electron chi connectivity index (χ3n) is 4.22. The highest BCUT2D eigenvalue weighted by molar-refractivity contribution is 7.23. The van der Waals surface area contributed by atoms with Crippen molar-refractivity contribution in [2.75, 3.05) is 13.1 Å². The smallest absolute Gasteiger partial charge is 0.228 e. The number of halogens is 1. The summed E-state index contributed by atoms with van der Waals surface area (Å²) in [5.74, 6) is 0.559. The van der Waals surface area contributed by atoms with Crippen LogP contribution in [-0.4, -0.2) is 34.9 Å². The lowest BCUT2D eigenvalue weighted by atomic mass is 9.92. The Balaban J connectivity index is 1.63. The monoisotopic (exact) mass is 369 g/mol. The third kappa shape index (κ3) is 4.12. The van der Waals surface area contributed by atoms with Crippen molar-refractivity contribution in [1.29, 1.82) is 0 Å². The highest BCUT2D eigenvalue weighted by Crippen LogP contribution is 2.33. The Labute approximate surface area is 149 Å². The number of likely N-dealkylation sites (tertiary alicyclic amines) is 1. The quantitative estimate of drug-likeness (QED) is 0.894. The molecule has 1 aliphatic rings. The number of thiazole rings is 1. The van der Waals surface area contributed by atoms with E-state index in [1.807, 2.05) is 29.3 Å². The van der Waals surface area contributed by atoms with Crippen LogP contribution in [0.5, 0.6) is 0 Å². The van der Waals surface area contributed by atoms with Gasteiger partial charge in [-0.15, -0.1) is 22.7 Å². The molecule has 2 atom stereocenters. The number of nitrogens with two attached hydrogens (primary N) is 1. The van der Waals surface area contributed by atoms with Crippen molar-refractivity contribution < 1.29 is 4.79 Å². The van der Waals surface area contributed by atoms with Gasteiger partial charge in [0, 0.05) is 24.5 Å². The zero-order chi connectivity index (χ0) is 16.4. The van der Waals surface area contributed by atoms with Crippen LogP contribution in [0, 0.1) is 5.92 Å². The van der Waals surface area contributed by atoms with Crippen LogP contribution in [0.4, 0.5) is 0 Å². The molecule has 1 saturated heterocycles. The molecule has 2 unspecified atom stereocenters. The maximum absolute atomic E-state index is 12.5. The number of amides is 1. The van der Waals surface area contributed by atoms with Gasteiger partial charge in [0.25, 0.3) is 0 Å². The third-order valence-corrected chi connectivity index (χ3v) is 6.51. The summed E-state index contributed by atoms with van der Waals surface area (Å²) in [4.78, 5) is 20.1. The molecule has 1 aliphatic heterocycles. The van der Waals surface area contributed by atoms with Crippen molar-refractivity contribution in [2.24, 2.45) is 11.7 Å². The van der Waals surface area contributed by atoms with E-state index in [1.165, 1.54) is 11.3 Å². The zero-order valence-corrected chi connectivity index (χ0v) is 15.4. The topological polar surface area (TPSA) is 59.2 Å². The van der Waals surface area contributed by atoms with Crippen molar-refractivity contribution in [2.45, 2.75) is 32.2 Å². The Kier molecular flexibility index (Phi) is 5.36.